The van der Waals surface area contributed by atoms with E-state index in [0.29, 0.717) is 11.6 Å². The SMILES string of the molecule is Cc1ccc(F)cc1NCC(O)COc1cnsn1. The molecule has 0 amide bonds. The summed E-state index contributed by atoms with van der Waals surface area (Å²) >= 11 is 1.04. The number of hydrogen-bond acceptors (Lipinski definition) is 6. The summed E-state index contributed by atoms with van der Waals surface area (Å²) in [5.41, 5.74) is 1.58. The maximum absolute atomic E-state index is 13.1. The number of aryl methyl sites for hydroxylation is 1. The van der Waals surface area contributed by atoms with E-state index in [9.17, 15) is 9.50 Å². The Hall–Kier alpha value is -1.73. The first kappa shape index (κ1) is 13.7. The van der Waals surface area contributed by atoms with Gasteiger partial charge in [-0.25, -0.2) is 4.39 Å². The minimum atomic E-state index is -0.718. The van der Waals surface area contributed by atoms with E-state index in [4.69, 9.17) is 4.74 Å². The number of rotatable bonds is 6. The Balaban J connectivity index is 1.79. The zero-order valence-corrected chi connectivity index (χ0v) is 11.2. The fourth-order valence-electron chi connectivity index (χ4n) is 1.47. The molecule has 2 rings (SSSR count). The zero-order chi connectivity index (χ0) is 13.7. The molecule has 0 spiro atoms. The fraction of sp³-hybridized carbons (Fsp3) is 0.333. The molecule has 0 aliphatic rings. The molecule has 0 radical (unpaired) electrons. The summed E-state index contributed by atoms with van der Waals surface area (Å²) in [4.78, 5) is 0. The van der Waals surface area contributed by atoms with Gasteiger partial charge in [0, 0.05) is 12.2 Å². The van der Waals surface area contributed by atoms with Gasteiger partial charge >= 0.3 is 0 Å². The lowest BCUT2D eigenvalue weighted by atomic mass is 10.2. The number of halogens is 1. The molecule has 1 atom stereocenters. The third-order valence-electron chi connectivity index (χ3n) is 2.49. The number of hydrogen-bond donors (Lipinski definition) is 2. The van der Waals surface area contributed by atoms with Crippen LogP contribution in [-0.4, -0.2) is 33.1 Å². The Morgan fingerprint density at radius 2 is 2.37 bits per heavy atom. The fourth-order valence-corrected chi connectivity index (χ4v) is 1.84. The molecule has 102 valence electrons. The van der Waals surface area contributed by atoms with Crippen molar-refractivity contribution in [3.8, 4) is 5.88 Å². The van der Waals surface area contributed by atoms with Crippen LogP contribution < -0.4 is 10.1 Å². The predicted molar refractivity (Wildman–Crippen MR) is 71.0 cm³/mol. The number of aromatic nitrogens is 2. The lowest BCUT2D eigenvalue weighted by Crippen LogP contribution is -2.26. The molecule has 0 saturated carbocycles. The molecule has 0 fully saturated rings. The molecule has 1 aromatic heterocycles. The van der Waals surface area contributed by atoms with Crippen LogP contribution in [0.25, 0.3) is 0 Å². The Bertz CT molecular complexity index is 522. The second-order valence-corrected chi connectivity index (χ2v) is 4.61. The van der Waals surface area contributed by atoms with Gasteiger partial charge in [-0.2, -0.15) is 4.37 Å². The highest BCUT2D eigenvalue weighted by atomic mass is 32.1. The topological polar surface area (TPSA) is 67.3 Å². The van der Waals surface area contributed by atoms with Crippen LogP contribution in [0, 0.1) is 12.7 Å². The van der Waals surface area contributed by atoms with E-state index in [1.807, 2.05) is 6.92 Å². The molecule has 0 aliphatic carbocycles. The van der Waals surface area contributed by atoms with Crippen molar-refractivity contribution in [1.82, 2.24) is 8.75 Å². The van der Waals surface area contributed by atoms with Crippen molar-refractivity contribution in [3.05, 3.63) is 35.8 Å². The Labute approximate surface area is 114 Å². The van der Waals surface area contributed by atoms with E-state index in [2.05, 4.69) is 14.1 Å². The highest BCUT2D eigenvalue weighted by Gasteiger charge is 2.08. The largest absolute Gasteiger partial charge is 0.473 e. The van der Waals surface area contributed by atoms with E-state index in [0.717, 1.165) is 17.3 Å². The summed E-state index contributed by atoms with van der Waals surface area (Å²) in [6.07, 6.45) is 0.769. The van der Waals surface area contributed by atoms with Crippen LogP contribution in [0.1, 0.15) is 5.56 Å². The molecule has 2 N–H and O–H groups in total. The van der Waals surface area contributed by atoms with Gasteiger partial charge in [0.2, 0.25) is 5.88 Å². The van der Waals surface area contributed by atoms with Crippen molar-refractivity contribution in [2.45, 2.75) is 13.0 Å². The van der Waals surface area contributed by atoms with E-state index in [1.165, 1.54) is 18.3 Å². The summed E-state index contributed by atoms with van der Waals surface area (Å²) < 4.78 is 25.9. The summed E-state index contributed by atoms with van der Waals surface area (Å²) in [6, 6.07) is 4.48. The summed E-state index contributed by atoms with van der Waals surface area (Å²) in [5.74, 6) is 0.0818. The molecular weight excluding hydrogens is 269 g/mol. The van der Waals surface area contributed by atoms with Gasteiger partial charge in [-0.3, -0.25) is 0 Å². The second kappa shape index (κ2) is 6.44. The quantitative estimate of drug-likeness (QED) is 0.846. The number of anilines is 1. The molecule has 19 heavy (non-hydrogen) atoms. The molecule has 0 bridgehead atoms. The third kappa shape index (κ3) is 4.15. The van der Waals surface area contributed by atoms with Crippen molar-refractivity contribution in [2.24, 2.45) is 0 Å². The Morgan fingerprint density at radius 3 is 3.11 bits per heavy atom. The van der Waals surface area contributed by atoms with E-state index < -0.39 is 6.10 Å². The average Bonchev–Trinajstić information content (AvgIpc) is 2.90. The van der Waals surface area contributed by atoms with Gasteiger partial charge < -0.3 is 15.2 Å². The average molecular weight is 283 g/mol. The Morgan fingerprint density at radius 1 is 1.53 bits per heavy atom. The molecule has 5 nitrogen and oxygen atoms in total. The van der Waals surface area contributed by atoms with Crippen molar-refractivity contribution < 1.29 is 14.2 Å². The van der Waals surface area contributed by atoms with Gasteiger partial charge in [0.05, 0.1) is 11.7 Å². The minimum Gasteiger partial charge on any atom is -0.473 e. The van der Waals surface area contributed by atoms with Crippen LogP contribution in [0.15, 0.2) is 24.4 Å². The Kier molecular flexibility index (Phi) is 4.64. The molecule has 1 heterocycles. The molecule has 0 aliphatic heterocycles. The van der Waals surface area contributed by atoms with Crippen molar-refractivity contribution in [3.63, 3.8) is 0 Å². The molecule has 1 unspecified atom stereocenters. The van der Waals surface area contributed by atoms with E-state index >= 15 is 0 Å². The van der Waals surface area contributed by atoms with Crippen LogP contribution >= 0.6 is 11.7 Å². The predicted octanol–water partition coefficient (Wildman–Crippen LogP) is 1.84. The first-order chi connectivity index (χ1) is 9.15. The second-order valence-electron chi connectivity index (χ2n) is 4.05. The highest BCUT2D eigenvalue weighted by Crippen LogP contribution is 2.15. The zero-order valence-electron chi connectivity index (χ0n) is 10.3. The van der Waals surface area contributed by atoms with Gasteiger partial charge in [0.25, 0.3) is 0 Å². The van der Waals surface area contributed by atoms with Gasteiger partial charge in [-0.15, -0.1) is 4.37 Å². The summed E-state index contributed by atoms with van der Waals surface area (Å²) in [5, 5.41) is 12.7. The number of nitrogens with one attached hydrogen (secondary N) is 1. The van der Waals surface area contributed by atoms with Crippen LogP contribution in [0.4, 0.5) is 10.1 Å². The lowest BCUT2D eigenvalue weighted by molar-refractivity contribution is 0.115. The first-order valence-corrected chi connectivity index (χ1v) is 6.46. The molecule has 0 saturated heterocycles. The number of ether oxygens (including phenoxy) is 1. The summed E-state index contributed by atoms with van der Waals surface area (Å²) in [7, 11) is 0. The van der Waals surface area contributed by atoms with Gasteiger partial charge in [-0.05, 0) is 24.6 Å². The smallest absolute Gasteiger partial charge is 0.245 e. The lowest BCUT2D eigenvalue weighted by Gasteiger charge is -2.14. The summed E-state index contributed by atoms with van der Waals surface area (Å²) in [6.45, 7) is 2.24. The number of aliphatic hydroxyl groups excluding tert-OH is 1. The first-order valence-electron chi connectivity index (χ1n) is 5.73. The van der Waals surface area contributed by atoms with Gasteiger partial charge in [0.15, 0.2) is 0 Å². The number of nitrogens with zero attached hydrogens (tertiary/aromatic N) is 2. The number of aliphatic hydroxyl groups is 1. The van der Waals surface area contributed by atoms with Gasteiger partial charge in [0.1, 0.15) is 24.7 Å². The minimum absolute atomic E-state index is 0.104. The normalized spacial score (nSPS) is 12.2. The third-order valence-corrected chi connectivity index (χ3v) is 2.95. The molecular formula is C12H14FN3O2S. The van der Waals surface area contributed by atoms with E-state index in [1.54, 1.807) is 6.07 Å². The highest BCUT2D eigenvalue weighted by molar-refractivity contribution is 6.99. The molecule has 7 heteroatoms. The van der Waals surface area contributed by atoms with Crippen LogP contribution in [0.3, 0.4) is 0 Å². The van der Waals surface area contributed by atoms with Crippen molar-refractivity contribution in [2.75, 3.05) is 18.5 Å². The number of benzene rings is 1. The van der Waals surface area contributed by atoms with E-state index in [-0.39, 0.29) is 19.0 Å². The van der Waals surface area contributed by atoms with Crippen LogP contribution in [0.5, 0.6) is 5.88 Å². The van der Waals surface area contributed by atoms with Crippen LogP contribution in [-0.2, 0) is 0 Å². The van der Waals surface area contributed by atoms with Gasteiger partial charge in [-0.1, -0.05) is 6.07 Å². The van der Waals surface area contributed by atoms with Crippen molar-refractivity contribution >= 4 is 17.4 Å². The standard InChI is InChI=1S/C12H14FN3O2S/c1-8-2-3-9(13)4-11(8)14-5-10(17)7-18-12-6-15-19-16-12/h2-4,6,10,14,17H,5,7H2,1H3. The van der Waals surface area contributed by atoms with Crippen molar-refractivity contribution in [1.29, 1.82) is 0 Å². The molecule has 1 aromatic carbocycles. The monoisotopic (exact) mass is 283 g/mol. The van der Waals surface area contributed by atoms with Crippen LogP contribution in [0.2, 0.25) is 0 Å². The molecule has 2 aromatic rings. The maximum Gasteiger partial charge on any atom is 0.245 e. The maximum atomic E-state index is 13.1.